The van der Waals surface area contributed by atoms with Gasteiger partial charge in [-0.1, -0.05) is 13.8 Å². The van der Waals surface area contributed by atoms with Gasteiger partial charge in [0, 0.05) is 18.8 Å². The van der Waals surface area contributed by atoms with Crippen LogP contribution >= 0.6 is 0 Å². The van der Waals surface area contributed by atoms with Crippen molar-refractivity contribution in [3.05, 3.63) is 11.3 Å². The van der Waals surface area contributed by atoms with E-state index in [1.165, 1.54) is 0 Å². The molecule has 136 valence electrons. The van der Waals surface area contributed by atoms with Gasteiger partial charge >= 0.3 is 12.0 Å². The molecule has 0 radical (unpaired) electrons. The van der Waals surface area contributed by atoms with E-state index in [2.05, 4.69) is 16.0 Å². The number of nitrogens with one attached hydrogen (secondary N) is 3. The Hall–Kier alpha value is -2.09. The van der Waals surface area contributed by atoms with Crippen LogP contribution in [0.3, 0.4) is 0 Å². The number of esters is 1. The number of carbonyl (C=O) groups excluding carboxylic acids is 3. The normalized spacial score (nSPS) is 17.4. The Kier molecular flexibility index (Phi) is 8.25. The minimum Gasteiger partial charge on any atom is -0.463 e. The molecule has 0 saturated carbocycles. The second-order valence-electron chi connectivity index (χ2n) is 5.69. The smallest absolute Gasteiger partial charge is 0.337 e. The summed E-state index contributed by atoms with van der Waals surface area (Å²) in [5.41, 5.74) is 0.898. The highest BCUT2D eigenvalue weighted by Crippen LogP contribution is 2.17. The minimum absolute atomic E-state index is 0.0927. The van der Waals surface area contributed by atoms with E-state index in [4.69, 9.17) is 4.74 Å². The van der Waals surface area contributed by atoms with Crippen molar-refractivity contribution in [3.63, 3.8) is 0 Å². The predicted octanol–water partition coefficient (Wildman–Crippen LogP) is 0.353. The number of rotatable bonds is 9. The molecule has 1 aliphatic heterocycles. The van der Waals surface area contributed by atoms with E-state index in [9.17, 15) is 14.4 Å². The molecule has 0 aromatic carbocycles. The van der Waals surface area contributed by atoms with Crippen LogP contribution in [-0.4, -0.2) is 62.1 Å². The Bertz CT molecular complexity index is 504. The maximum atomic E-state index is 12.3. The molecule has 0 spiro atoms. The summed E-state index contributed by atoms with van der Waals surface area (Å²) in [4.78, 5) is 37.6. The zero-order chi connectivity index (χ0) is 18.1. The molecule has 1 heterocycles. The van der Waals surface area contributed by atoms with Gasteiger partial charge in [-0.15, -0.1) is 0 Å². The van der Waals surface area contributed by atoms with Crippen LogP contribution in [0.15, 0.2) is 11.3 Å². The van der Waals surface area contributed by atoms with Gasteiger partial charge in [-0.05, 0) is 26.8 Å². The summed E-state index contributed by atoms with van der Waals surface area (Å²) in [5, 5.41) is 8.19. The molecular weight excluding hydrogens is 312 g/mol. The van der Waals surface area contributed by atoms with Crippen LogP contribution in [0.4, 0.5) is 4.79 Å². The number of urea groups is 1. The number of likely N-dealkylation sites (N-methyl/N-ethyl adjacent to an activating group) is 1. The topological polar surface area (TPSA) is 99.8 Å². The van der Waals surface area contributed by atoms with Crippen molar-refractivity contribution in [1.29, 1.82) is 0 Å². The monoisotopic (exact) mass is 340 g/mol. The highest BCUT2D eigenvalue weighted by molar-refractivity contribution is 5.94. The van der Waals surface area contributed by atoms with Crippen LogP contribution in [-0.2, 0) is 14.3 Å². The number of nitrogens with zero attached hydrogens (tertiary/aromatic N) is 1. The van der Waals surface area contributed by atoms with E-state index in [1.54, 1.807) is 18.9 Å². The molecule has 0 bridgehead atoms. The van der Waals surface area contributed by atoms with Gasteiger partial charge in [-0.2, -0.15) is 0 Å². The molecule has 0 fully saturated rings. The first-order chi connectivity index (χ1) is 11.4. The third-order valence-corrected chi connectivity index (χ3v) is 3.56. The summed E-state index contributed by atoms with van der Waals surface area (Å²) in [6.07, 6.45) is 1.44. The quantitative estimate of drug-likeness (QED) is 0.526. The lowest BCUT2D eigenvalue weighted by Crippen LogP contribution is -2.52. The fraction of sp³-hybridized carbons (Fsp3) is 0.688. The van der Waals surface area contributed by atoms with Crippen LogP contribution < -0.4 is 16.0 Å². The van der Waals surface area contributed by atoms with Crippen molar-refractivity contribution in [3.8, 4) is 0 Å². The van der Waals surface area contributed by atoms with Gasteiger partial charge in [-0.3, -0.25) is 9.69 Å². The Morgan fingerprint density at radius 2 is 2.00 bits per heavy atom. The van der Waals surface area contributed by atoms with Gasteiger partial charge in [0.2, 0.25) is 5.91 Å². The van der Waals surface area contributed by atoms with Gasteiger partial charge in [0.1, 0.15) is 0 Å². The summed E-state index contributed by atoms with van der Waals surface area (Å²) in [7, 11) is 1.76. The van der Waals surface area contributed by atoms with E-state index < -0.39 is 12.0 Å². The summed E-state index contributed by atoms with van der Waals surface area (Å²) in [6, 6.07) is -0.746. The molecule has 8 nitrogen and oxygen atoms in total. The van der Waals surface area contributed by atoms with Crippen LogP contribution in [0, 0.1) is 0 Å². The lowest BCUT2D eigenvalue weighted by Gasteiger charge is -2.30. The second-order valence-corrected chi connectivity index (χ2v) is 5.69. The SMILES string of the molecule is CCCNC(=O)CN(C)CC1=C(C(=O)OCC)[C@H](CC)NC(=O)N1. The van der Waals surface area contributed by atoms with Crippen LogP contribution in [0.1, 0.15) is 33.6 Å². The number of amides is 3. The van der Waals surface area contributed by atoms with E-state index in [0.29, 0.717) is 24.2 Å². The first kappa shape index (κ1) is 20.0. The minimum atomic E-state index is -0.448. The third kappa shape index (κ3) is 5.84. The molecule has 1 atom stereocenters. The van der Waals surface area contributed by atoms with Crippen LogP contribution in [0.2, 0.25) is 0 Å². The van der Waals surface area contributed by atoms with E-state index in [0.717, 1.165) is 6.42 Å². The largest absolute Gasteiger partial charge is 0.463 e. The van der Waals surface area contributed by atoms with Crippen molar-refractivity contribution >= 4 is 17.9 Å². The van der Waals surface area contributed by atoms with E-state index in [1.807, 2.05) is 13.8 Å². The van der Waals surface area contributed by atoms with Crippen molar-refractivity contribution in [1.82, 2.24) is 20.9 Å². The molecule has 0 aromatic heterocycles. The molecule has 24 heavy (non-hydrogen) atoms. The average Bonchev–Trinajstić information content (AvgIpc) is 2.52. The number of hydrogen-bond acceptors (Lipinski definition) is 5. The molecule has 1 rings (SSSR count). The zero-order valence-electron chi connectivity index (χ0n) is 14.9. The van der Waals surface area contributed by atoms with Gasteiger partial charge in [0.05, 0.1) is 24.8 Å². The predicted molar refractivity (Wildman–Crippen MR) is 90.2 cm³/mol. The molecule has 0 unspecified atom stereocenters. The molecule has 0 aromatic rings. The summed E-state index contributed by atoms with van der Waals surface area (Å²) >= 11 is 0. The van der Waals surface area contributed by atoms with Crippen molar-refractivity contribution < 1.29 is 19.1 Å². The highest BCUT2D eigenvalue weighted by atomic mass is 16.5. The van der Waals surface area contributed by atoms with Crippen molar-refractivity contribution in [2.75, 3.05) is 33.3 Å². The highest BCUT2D eigenvalue weighted by Gasteiger charge is 2.31. The Balaban J connectivity index is 2.89. The van der Waals surface area contributed by atoms with E-state index in [-0.39, 0.29) is 31.6 Å². The number of ether oxygens (including phenoxy) is 1. The Morgan fingerprint density at radius 3 is 2.58 bits per heavy atom. The lowest BCUT2D eigenvalue weighted by molar-refractivity contribution is -0.139. The zero-order valence-corrected chi connectivity index (χ0v) is 14.9. The Labute approximate surface area is 143 Å². The first-order valence-corrected chi connectivity index (χ1v) is 8.35. The van der Waals surface area contributed by atoms with Crippen molar-refractivity contribution in [2.24, 2.45) is 0 Å². The standard InChI is InChI=1S/C16H28N4O4/c1-5-8-17-13(21)10-20(4)9-12-14(15(22)24-7-3)11(6-2)18-16(23)19-12/h11H,5-10H2,1-4H3,(H,17,21)(H2,18,19,23)/t11-/m0/s1. The van der Waals surface area contributed by atoms with Gasteiger partial charge in [0.15, 0.2) is 0 Å². The molecule has 3 amide bonds. The van der Waals surface area contributed by atoms with Gasteiger partial charge in [0.25, 0.3) is 0 Å². The molecule has 1 aliphatic rings. The fourth-order valence-electron chi connectivity index (χ4n) is 2.48. The van der Waals surface area contributed by atoms with Crippen molar-refractivity contribution in [2.45, 2.75) is 39.7 Å². The van der Waals surface area contributed by atoms with E-state index >= 15 is 0 Å². The molecule has 0 aliphatic carbocycles. The summed E-state index contributed by atoms with van der Waals surface area (Å²) < 4.78 is 5.11. The number of carbonyl (C=O) groups is 3. The average molecular weight is 340 g/mol. The van der Waals surface area contributed by atoms with Crippen LogP contribution in [0.25, 0.3) is 0 Å². The maximum absolute atomic E-state index is 12.3. The van der Waals surface area contributed by atoms with Gasteiger partial charge < -0.3 is 20.7 Å². The molecule has 0 saturated heterocycles. The molecule has 8 heteroatoms. The molecular formula is C16H28N4O4. The molecule has 3 N–H and O–H groups in total. The third-order valence-electron chi connectivity index (χ3n) is 3.56. The lowest BCUT2D eigenvalue weighted by atomic mass is 10.00. The first-order valence-electron chi connectivity index (χ1n) is 8.35. The second kappa shape index (κ2) is 9.92. The number of hydrogen-bond donors (Lipinski definition) is 3. The summed E-state index contributed by atoms with van der Waals surface area (Å²) in [5.74, 6) is -0.541. The van der Waals surface area contributed by atoms with Crippen LogP contribution in [0.5, 0.6) is 0 Å². The fourth-order valence-corrected chi connectivity index (χ4v) is 2.48. The van der Waals surface area contributed by atoms with Gasteiger partial charge in [-0.25, -0.2) is 9.59 Å². The summed E-state index contributed by atoms with van der Waals surface area (Å²) in [6.45, 7) is 6.94. The maximum Gasteiger partial charge on any atom is 0.337 e. The Morgan fingerprint density at radius 1 is 1.29 bits per heavy atom.